The molecule has 0 bridgehead atoms. The highest BCUT2D eigenvalue weighted by Gasteiger charge is 2.28. The van der Waals surface area contributed by atoms with Crippen molar-refractivity contribution < 1.29 is 19.1 Å². The lowest BCUT2D eigenvalue weighted by atomic mass is 10.0. The molecule has 2 aromatic carbocycles. The molecular formula is C21H22N2O4. The second kappa shape index (κ2) is 8.51. The van der Waals surface area contributed by atoms with E-state index in [2.05, 4.69) is 10.3 Å². The van der Waals surface area contributed by atoms with Crippen LogP contribution in [0, 0.1) is 0 Å². The summed E-state index contributed by atoms with van der Waals surface area (Å²) in [6.45, 7) is 0. The molecule has 2 N–H and O–H groups in total. The lowest BCUT2D eigenvalue weighted by Gasteiger charge is -2.20. The van der Waals surface area contributed by atoms with Gasteiger partial charge in [0.2, 0.25) is 0 Å². The molecule has 3 aromatic rings. The third kappa shape index (κ3) is 4.17. The molecule has 27 heavy (non-hydrogen) atoms. The minimum absolute atomic E-state index is 0.313. The zero-order valence-corrected chi connectivity index (χ0v) is 15.3. The lowest BCUT2D eigenvalue weighted by molar-refractivity contribution is -0.146. The Morgan fingerprint density at radius 3 is 2.44 bits per heavy atom. The van der Waals surface area contributed by atoms with E-state index in [4.69, 9.17) is 9.47 Å². The molecule has 0 saturated heterocycles. The quantitative estimate of drug-likeness (QED) is 0.630. The summed E-state index contributed by atoms with van der Waals surface area (Å²) < 4.78 is 10.2. The molecule has 6 nitrogen and oxygen atoms in total. The number of esters is 1. The van der Waals surface area contributed by atoms with Gasteiger partial charge in [-0.15, -0.1) is 0 Å². The van der Waals surface area contributed by atoms with Gasteiger partial charge < -0.3 is 19.8 Å². The van der Waals surface area contributed by atoms with E-state index < -0.39 is 18.1 Å². The summed E-state index contributed by atoms with van der Waals surface area (Å²) >= 11 is 0. The van der Waals surface area contributed by atoms with Crippen molar-refractivity contribution in [2.45, 2.75) is 18.6 Å². The third-order valence-corrected chi connectivity index (χ3v) is 4.48. The van der Waals surface area contributed by atoms with Gasteiger partial charge in [0.15, 0.2) is 6.10 Å². The standard InChI is InChI=1S/C21H22N2O4/c1-26-19(14-8-4-3-5-9-14)20(24)23-18(21(25)27-2)12-15-13-22-17-11-7-6-10-16(15)17/h3-11,13,18-19,22H,12H2,1-2H3,(H,23,24)/t18-,19?/m0/s1. The van der Waals surface area contributed by atoms with Gasteiger partial charge in [-0.05, 0) is 17.2 Å². The second-order valence-corrected chi connectivity index (χ2v) is 6.17. The summed E-state index contributed by atoms with van der Waals surface area (Å²) in [5.74, 6) is -0.893. The van der Waals surface area contributed by atoms with Gasteiger partial charge in [0, 0.05) is 30.6 Å². The number of aromatic nitrogens is 1. The normalized spacial score (nSPS) is 13.1. The van der Waals surface area contributed by atoms with Crippen LogP contribution in [0.4, 0.5) is 0 Å². The molecule has 1 amide bonds. The summed E-state index contributed by atoms with van der Waals surface area (Å²) in [6, 6.07) is 16.1. The van der Waals surface area contributed by atoms with Crippen LogP contribution >= 0.6 is 0 Å². The number of methoxy groups -OCH3 is 2. The highest BCUT2D eigenvalue weighted by molar-refractivity contribution is 5.89. The number of H-pyrrole nitrogens is 1. The minimum Gasteiger partial charge on any atom is -0.467 e. The van der Waals surface area contributed by atoms with E-state index >= 15 is 0 Å². The molecular weight excluding hydrogens is 344 g/mol. The van der Waals surface area contributed by atoms with Gasteiger partial charge in [0.1, 0.15) is 6.04 Å². The Kier molecular flexibility index (Phi) is 5.88. The van der Waals surface area contributed by atoms with E-state index in [9.17, 15) is 9.59 Å². The van der Waals surface area contributed by atoms with Crippen molar-refractivity contribution in [1.29, 1.82) is 0 Å². The second-order valence-electron chi connectivity index (χ2n) is 6.17. The van der Waals surface area contributed by atoms with Crippen molar-refractivity contribution >= 4 is 22.8 Å². The monoisotopic (exact) mass is 366 g/mol. The number of para-hydroxylation sites is 1. The molecule has 6 heteroatoms. The van der Waals surface area contributed by atoms with Gasteiger partial charge in [-0.2, -0.15) is 0 Å². The molecule has 0 fully saturated rings. The van der Waals surface area contributed by atoms with E-state index in [-0.39, 0.29) is 5.91 Å². The number of fused-ring (bicyclic) bond motifs is 1. The van der Waals surface area contributed by atoms with Crippen molar-refractivity contribution in [2.75, 3.05) is 14.2 Å². The number of rotatable bonds is 7. The van der Waals surface area contributed by atoms with Crippen molar-refractivity contribution in [3.8, 4) is 0 Å². The molecule has 140 valence electrons. The number of carbonyl (C=O) groups excluding carboxylic acids is 2. The van der Waals surface area contributed by atoms with Gasteiger partial charge in [0.25, 0.3) is 5.91 Å². The number of aromatic amines is 1. The van der Waals surface area contributed by atoms with Crippen LogP contribution in [-0.2, 0) is 25.5 Å². The molecule has 0 radical (unpaired) electrons. The first kappa shape index (κ1) is 18.7. The smallest absolute Gasteiger partial charge is 0.328 e. The maximum atomic E-state index is 12.7. The van der Waals surface area contributed by atoms with Crippen molar-refractivity contribution in [3.63, 3.8) is 0 Å². The maximum Gasteiger partial charge on any atom is 0.328 e. The van der Waals surface area contributed by atoms with E-state index in [1.165, 1.54) is 14.2 Å². The van der Waals surface area contributed by atoms with Crippen molar-refractivity contribution in [1.82, 2.24) is 10.3 Å². The van der Waals surface area contributed by atoms with Gasteiger partial charge in [-0.3, -0.25) is 4.79 Å². The Morgan fingerprint density at radius 2 is 1.74 bits per heavy atom. The Balaban J connectivity index is 1.80. The topological polar surface area (TPSA) is 80.4 Å². The van der Waals surface area contributed by atoms with Crippen LogP contribution < -0.4 is 5.32 Å². The average Bonchev–Trinajstić information content (AvgIpc) is 3.11. The third-order valence-electron chi connectivity index (χ3n) is 4.48. The zero-order valence-electron chi connectivity index (χ0n) is 15.3. The number of hydrogen-bond acceptors (Lipinski definition) is 4. The molecule has 2 atom stereocenters. The van der Waals surface area contributed by atoms with Gasteiger partial charge in [-0.1, -0.05) is 48.5 Å². The van der Waals surface area contributed by atoms with Crippen molar-refractivity contribution in [3.05, 3.63) is 71.9 Å². The lowest BCUT2D eigenvalue weighted by Crippen LogP contribution is -2.45. The van der Waals surface area contributed by atoms with E-state index in [1.807, 2.05) is 48.7 Å². The average molecular weight is 366 g/mol. The Bertz CT molecular complexity index is 920. The van der Waals surface area contributed by atoms with E-state index in [1.54, 1.807) is 12.1 Å². The minimum atomic E-state index is -0.817. The zero-order chi connectivity index (χ0) is 19.2. The SMILES string of the molecule is COC(=O)[C@H](Cc1c[nH]c2ccccc12)NC(=O)C(OC)c1ccccc1. The number of hydrogen-bond donors (Lipinski definition) is 2. The van der Waals surface area contributed by atoms with Crippen LogP contribution in [-0.4, -0.2) is 37.1 Å². The van der Waals surface area contributed by atoms with Crippen LogP contribution in [0.5, 0.6) is 0 Å². The fourth-order valence-electron chi connectivity index (χ4n) is 3.13. The molecule has 1 unspecified atom stereocenters. The predicted octanol–water partition coefficient (Wildman–Crippen LogP) is 2.76. The number of ether oxygens (including phenoxy) is 2. The highest BCUT2D eigenvalue weighted by atomic mass is 16.5. The van der Waals surface area contributed by atoms with Crippen LogP contribution in [0.2, 0.25) is 0 Å². The van der Waals surface area contributed by atoms with E-state index in [0.717, 1.165) is 16.5 Å². The van der Waals surface area contributed by atoms with E-state index in [0.29, 0.717) is 12.0 Å². The Labute approximate surface area is 157 Å². The molecule has 1 heterocycles. The fraction of sp³-hybridized carbons (Fsp3) is 0.238. The molecule has 0 aliphatic rings. The van der Waals surface area contributed by atoms with Crippen LogP contribution in [0.25, 0.3) is 10.9 Å². The van der Waals surface area contributed by atoms with Crippen LogP contribution in [0.3, 0.4) is 0 Å². The fourth-order valence-corrected chi connectivity index (χ4v) is 3.13. The molecule has 1 aromatic heterocycles. The number of benzene rings is 2. The summed E-state index contributed by atoms with van der Waals surface area (Å²) in [7, 11) is 2.77. The van der Waals surface area contributed by atoms with Crippen molar-refractivity contribution in [2.24, 2.45) is 0 Å². The largest absolute Gasteiger partial charge is 0.467 e. The first-order chi connectivity index (χ1) is 13.1. The predicted molar refractivity (Wildman–Crippen MR) is 102 cm³/mol. The van der Waals surface area contributed by atoms with Gasteiger partial charge in [0.05, 0.1) is 7.11 Å². The summed E-state index contributed by atoms with van der Waals surface area (Å²) in [6.07, 6.45) is 1.35. The molecule has 0 aliphatic heterocycles. The highest BCUT2D eigenvalue weighted by Crippen LogP contribution is 2.21. The number of carbonyl (C=O) groups is 2. The van der Waals surface area contributed by atoms with Crippen LogP contribution in [0.15, 0.2) is 60.8 Å². The maximum absolute atomic E-state index is 12.7. The molecule has 0 spiro atoms. The summed E-state index contributed by atoms with van der Waals surface area (Å²) in [5.41, 5.74) is 2.62. The van der Waals surface area contributed by atoms with Crippen LogP contribution in [0.1, 0.15) is 17.2 Å². The molecule has 3 rings (SSSR count). The first-order valence-corrected chi connectivity index (χ1v) is 8.65. The first-order valence-electron chi connectivity index (χ1n) is 8.65. The van der Waals surface area contributed by atoms with Gasteiger partial charge in [-0.25, -0.2) is 4.79 Å². The summed E-state index contributed by atoms with van der Waals surface area (Å²) in [4.78, 5) is 28.2. The Hall–Kier alpha value is -3.12. The Morgan fingerprint density at radius 1 is 1.04 bits per heavy atom. The molecule has 0 aliphatic carbocycles. The van der Waals surface area contributed by atoms with Gasteiger partial charge >= 0.3 is 5.97 Å². The number of amides is 1. The number of nitrogens with one attached hydrogen (secondary N) is 2. The molecule has 0 saturated carbocycles. The summed E-state index contributed by atoms with van der Waals surface area (Å²) in [5, 5.41) is 3.77.